The number of ketones is 1. The average molecular weight is 862 g/mol. The standard InChI is InChI=1S/C44H71N5O6S3/c1-14-29(4)39(48(10)43(53)33(28(2)3)25-37(50)44(6,7)47(8)9)36(54-11)26-38(51)49-22-15-16-35(49)40(55-12)30(5)41(52)46-34(42-45-21-23-57-42)24-31-17-19-32(20-18-31)27-58-56-13/h17-21,23,28-30,33-36,39-40H,14-16,22,24-27H2,1-13H3,(H,46,52)/t29-,30+,33-,34-,35-,36+,39-,40+/m0/s1. The maximum atomic E-state index is 14.4. The summed E-state index contributed by atoms with van der Waals surface area (Å²) < 4.78 is 12.2. The van der Waals surface area contributed by atoms with Gasteiger partial charge in [-0.15, -0.1) is 11.3 Å². The highest BCUT2D eigenvalue weighted by Gasteiger charge is 2.43. The number of benzene rings is 1. The highest BCUT2D eigenvalue weighted by Crippen LogP contribution is 2.32. The monoisotopic (exact) mass is 861 g/mol. The van der Waals surface area contributed by atoms with Crippen molar-refractivity contribution in [2.45, 2.75) is 129 Å². The highest BCUT2D eigenvalue weighted by molar-refractivity contribution is 8.76. The lowest BCUT2D eigenvalue weighted by molar-refractivity contribution is -0.149. The smallest absolute Gasteiger partial charge is 0.226 e. The number of thiazole rings is 1. The van der Waals surface area contributed by atoms with E-state index in [1.54, 1.807) is 54.0 Å². The quantitative estimate of drug-likeness (QED) is 0.106. The van der Waals surface area contributed by atoms with E-state index in [0.29, 0.717) is 19.4 Å². The van der Waals surface area contributed by atoms with E-state index in [0.717, 1.165) is 29.2 Å². The predicted octanol–water partition coefficient (Wildman–Crippen LogP) is 7.55. The molecule has 1 N–H and O–H groups in total. The minimum atomic E-state index is -0.712. The summed E-state index contributed by atoms with van der Waals surface area (Å²) in [5.41, 5.74) is 1.65. The average Bonchev–Trinajstić information content (AvgIpc) is 3.92. The third-order valence-electron chi connectivity index (χ3n) is 12.5. The summed E-state index contributed by atoms with van der Waals surface area (Å²) in [5, 5.41) is 6.03. The normalized spacial score (nSPS) is 18.4. The molecule has 0 radical (unpaired) electrons. The molecule has 3 amide bonds. The van der Waals surface area contributed by atoms with Crippen molar-refractivity contribution >= 4 is 56.4 Å². The minimum absolute atomic E-state index is 0.0112. The van der Waals surface area contributed by atoms with Crippen molar-refractivity contribution in [3.63, 3.8) is 0 Å². The Labute approximate surface area is 360 Å². The van der Waals surface area contributed by atoms with E-state index in [1.165, 1.54) is 16.9 Å². The number of likely N-dealkylation sites (N-methyl/N-ethyl adjacent to an activating group) is 2. The van der Waals surface area contributed by atoms with Gasteiger partial charge in [0, 0.05) is 57.5 Å². The molecular formula is C44H71N5O6S3. The van der Waals surface area contributed by atoms with Crippen LogP contribution in [0.15, 0.2) is 35.8 Å². The SMILES string of the molecule is CC[C@H](C)[C@@H]([C@@H](CC(=O)N1CCC[C@H]1[C@H](OC)[C@@H](C)C(=O)N[C@@H](Cc1ccc(CSSC)cc1)c1nccs1)OC)N(C)C(=O)[C@@H](CC(=O)C(C)(C)N(C)C)C(C)C. The molecule has 1 aromatic heterocycles. The zero-order valence-electron chi connectivity index (χ0n) is 37.3. The second-order valence-electron chi connectivity index (χ2n) is 16.9. The van der Waals surface area contributed by atoms with Crippen LogP contribution < -0.4 is 5.32 Å². The molecule has 2 aromatic rings. The molecule has 3 rings (SSSR count). The van der Waals surface area contributed by atoms with Gasteiger partial charge in [0.15, 0.2) is 5.78 Å². The van der Waals surface area contributed by atoms with Gasteiger partial charge in [-0.25, -0.2) is 4.98 Å². The van der Waals surface area contributed by atoms with Crippen LogP contribution in [-0.2, 0) is 40.8 Å². The van der Waals surface area contributed by atoms with E-state index in [9.17, 15) is 19.2 Å². The summed E-state index contributed by atoms with van der Waals surface area (Å²) in [4.78, 5) is 66.2. The van der Waals surface area contributed by atoms with Crippen LogP contribution in [0.1, 0.15) is 103 Å². The molecule has 8 atom stereocenters. The Morgan fingerprint density at radius 3 is 2.21 bits per heavy atom. The van der Waals surface area contributed by atoms with Crippen molar-refractivity contribution in [2.24, 2.45) is 23.7 Å². The molecule has 0 spiro atoms. The van der Waals surface area contributed by atoms with Gasteiger partial charge >= 0.3 is 0 Å². The molecule has 2 heterocycles. The van der Waals surface area contributed by atoms with Gasteiger partial charge in [0.25, 0.3) is 0 Å². The number of hydrogen-bond acceptors (Lipinski definition) is 11. The van der Waals surface area contributed by atoms with Gasteiger partial charge in [-0.1, -0.05) is 86.9 Å². The minimum Gasteiger partial charge on any atom is -0.379 e. The number of methoxy groups -OCH3 is 2. The number of rotatable bonds is 24. The van der Waals surface area contributed by atoms with E-state index in [-0.39, 0.29) is 60.3 Å². The van der Waals surface area contributed by atoms with Crippen LogP contribution in [0.25, 0.3) is 0 Å². The number of carbonyl (C=O) groups is 4. The van der Waals surface area contributed by atoms with Gasteiger partial charge in [0.1, 0.15) is 5.01 Å². The van der Waals surface area contributed by atoms with Crippen LogP contribution in [0.5, 0.6) is 0 Å². The molecule has 0 saturated carbocycles. The van der Waals surface area contributed by atoms with Crippen molar-refractivity contribution in [1.82, 2.24) is 25.0 Å². The number of hydrogen-bond donors (Lipinski definition) is 1. The number of amides is 3. The molecule has 58 heavy (non-hydrogen) atoms. The highest BCUT2D eigenvalue weighted by atomic mass is 33.1. The van der Waals surface area contributed by atoms with Crippen molar-refractivity contribution in [3.05, 3.63) is 52.0 Å². The van der Waals surface area contributed by atoms with Crippen molar-refractivity contribution in [1.29, 1.82) is 0 Å². The van der Waals surface area contributed by atoms with Crippen molar-refractivity contribution in [2.75, 3.05) is 48.2 Å². The molecular weight excluding hydrogens is 791 g/mol. The summed E-state index contributed by atoms with van der Waals surface area (Å²) in [6, 6.07) is 7.50. The largest absolute Gasteiger partial charge is 0.379 e. The number of ether oxygens (including phenoxy) is 2. The summed E-state index contributed by atoms with van der Waals surface area (Å²) in [5.74, 6) is -0.541. The van der Waals surface area contributed by atoms with E-state index < -0.39 is 35.6 Å². The number of nitrogens with zero attached hydrogens (tertiary/aromatic N) is 4. The van der Waals surface area contributed by atoms with E-state index in [2.05, 4.69) is 54.7 Å². The molecule has 1 saturated heterocycles. The number of nitrogens with one attached hydrogen (secondary N) is 1. The van der Waals surface area contributed by atoms with E-state index in [1.807, 2.05) is 63.9 Å². The third-order valence-corrected chi connectivity index (χ3v) is 15.1. The Kier molecular flexibility index (Phi) is 20.2. The Morgan fingerprint density at radius 1 is 1.02 bits per heavy atom. The Bertz CT molecular complexity index is 1590. The molecule has 0 aliphatic carbocycles. The van der Waals surface area contributed by atoms with Crippen LogP contribution in [0.2, 0.25) is 0 Å². The predicted molar refractivity (Wildman–Crippen MR) is 240 cm³/mol. The number of aromatic nitrogens is 1. The zero-order chi connectivity index (χ0) is 43.3. The molecule has 1 aliphatic heterocycles. The van der Waals surface area contributed by atoms with E-state index >= 15 is 0 Å². The van der Waals surface area contributed by atoms with Crippen molar-refractivity contribution < 1.29 is 28.7 Å². The molecule has 1 aliphatic rings. The number of Topliss-reactive ketones (excluding diaryl/α,β-unsaturated/α-hetero) is 1. The number of carbonyl (C=O) groups excluding carboxylic acids is 4. The maximum Gasteiger partial charge on any atom is 0.226 e. The first-order valence-electron chi connectivity index (χ1n) is 20.7. The molecule has 0 unspecified atom stereocenters. The van der Waals surface area contributed by atoms with Crippen molar-refractivity contribution in [3.8, 4) is 0 Å². The summed E-state index contributed by atoms with van der Waals surface area (Å²) in [7, 11) is 12.3. The van der Waals surface area contributed by atoms with Crippen LogP contribution in [-0.4, -0.2) is 121 Å². The topological polar surface area (TPSA) is 121 Å². The first-order valence-corrected chi connectivity index (χ1v) is 24.3. The Morgan fingerprint density at radius 2 is 1.67 bits per heavy atom. The fraction of sp³-hybridized carbons (Fsp3) is 0.705. The van der Waals surface area contributed by atoms with Gasteiger partial charge in [-0.05, 0) is 76.4 Å². The zero-order valence-corrected chi connectivity index (χ0v) is 39.7. The van der Waals surface area contributed by atoms with Gasteiger partial charge in [-0.3, -0.25) is 24.1 Å². The van der Waals surface area contributed by atoms with Crippen LogP contribution in [0.4, 0.5) is 0 Å². The third kappa shape index (κ3) is 13.0. The lowest BCUT2D eigenvalue weighted by Crippen LogP contribution is -2.55. The Balaban J connectivity index is 1.78. The van der Waals surface area contributed by atoms with Crippen LogP contribution >= 0.6 is 32.9 Å². The van der Waals surface area contributed by atoms with Crippen LogP contribution in [0.3, 0.4) is 0 Å². The maximum absolute atomic E-state index is 14.4. The van der Waals surface area contributed by atoms with E-state index in [4.69, 9.17) is 9.47 Å². The first-order chi connectivity index (χ1) is 27.4. The second kappa shape index (κ2) is 23.5. The van der Waals surface area contributed by atoms with Gasteiger partial charge in [0.05, 0.1) is 48.2 Å². The summed E-state index contributed by atoms with van der Waals surface area (Å²) in [6.45, 7) is 14.3. The Hall–Kier alpha value is -2.49. The summed E-state index contributed by atoms with van der Waals surface area (Å²) >= 11 is 1.52. The summed E-state index contributed by atoms with van der Waals surface area (Å²) in [6.07, 6.45) is 5.77. The molecule has 14 heteroatoms. The molecule has 1 aromatic carbocycles. The lowest BCUT2D eigenvalue weighted by atomic mass is 9.82. The van der Waals surface area contributed by atoms with Crippen LogP contribution in [0, 0.1) is 23.7 Å². The fourth-order valence-corrected chi connectivity index (χ4v) is 9.82. The molecule has 0 bridgehead atoms. The molecule has 1 fully saturated rings. The number of likely N-dealkylation sites (tertiary alicyclic amines) is 1. The lowest BCUT2D eigenvalue weighted by Gasteiger charge is -2.41. The van der Waals surface area contributed by atoms with Gasteiger partial charge in [0.2, 0.25) is 17.7 Å². The van der Waals surface area contributed by atoms with Gasteiger partial charge < -0.3 is 24.6 Å². The fourth-order valence-electron chi connectivity index (χ4n) is 7.92. The second-order valence-corrected chi connectivity index (χ2v) is 20.4. The molecule has 326 valence electrons. The first kappa shape index (κ1) is 49.9. The van der Waals surface area contributed by atoms with Gasteiger partial charge in [-0.2, -0.15) is 0 Å². The molecule has 11 nitrogen and oxygen atoms in total.